The zero-order valence-electron chi connectivity index (χ0n) is 10.1. The second-order valence-corrected chi connectivity index (χ2v) is 3.82. The largest absolute Gasteiger partial charge is 0.324 e. The summed E-state index contributed by atoms with van der Waals surface area (Å²) < 4.78 is 0. The van der Waals surface area contributed by atoms with Crippen molar-refractivity contribution in [2.24, 2.45) is 10.8 Å². The van der Waals surface area contributed by atoms with Gasteiger partial charge in [0.25, 0.3) is 0 Å². The second kappa shape index (κ2) is 5.79. The van der Waals surface area contributed by atoms with Crippen LogP contribution in [0.1, 0.15) is 5.56 Å². The zero-order valence-corrected chi connectivity index (χ0v) is 10.1. The molecule has 0 aliphatic rings. The van der Waals surface area contributed by atoms with E-state index in [1.807, 2.05) is 43.3 Å². The van der Waals surface area contributed by atoms with Crippen molar-refractivity contribution >= 4 is 17.3 Å². The van der Waals surface area contributed by atoms with Gasteiger partial charge in [0.2, 0.25) is 5.96 Å². The SMILES string of the molecule is Cc1cncc(NC(=Nc2ccccc2)NN)c1. The van der Waals surface area contributed by atoms with E-state index in [1.54, 1.807) is 12.4 Å². The molecule has 0 atom stereocenters. The molecule has 0 aliphatic carbocycles. The number of para-hydroxylation sites is 1. The van der Waals surface area contributed by atoms with Gasteiger partial charge in [-0.3, -0.25) is 10.4 Å². The summed E-state index contributed by atoms with van der Waals surface area (Å²) in [5, 5.41) is 3.07. The monoisotopic (exact) mass is 241 g/mol. The number of hydrogen-bond acceptors (Lipinski definition) is 3. The van der Waals surface area contributed by atoms with E-state index in [0.29, 0.717) is 5.96 Å². The fourth-order valence-electron chi connectivity index (χ4n) is 1.49. The van der Waals surface area contributed by atoms with Crippen LogP contribution >= 0.6 is 0 Å². The Morgan fingerprint density at radius 1 is 1.22 bits per heavy atom. The Bertz CT molecular complexity index is 536. The number of pyridine rings is 1. The summed E-state index contributed by atoms with van der Waals surface area (Å²) in [6.07, 6.45) is 3.50. The number of hydrogen-bond donors (Lipinski definition) is 3. The molecule has 1 aromatic carbocycles. The van der Waals surface area contributed by atoms with Gasteiger partial charge in [-0.25, -0.2) is 10.8 Å². The van der Waals surface area contributed by atoms with Gasteiger partial charge in [0.05, 0.1) is 17.6 Å². The number of benzene rings is 1. The first-order chi connectivity index (χ1) is 8.78. The van der Waals surface area contributed by atoms with Crippen molar-refractivity contribution in [3.05, 3.63) is 54.4 Å². The molecule has 0 spiro atoms. The van der Waals surface area contributed by atoms with Crippen LogP contribution in [0.25, 0.3) is 0 Å². The van der Waals surface area contributed by atoms with E-state index < -0.39 is 0 Å². The van der Waals surface area contributed by atoms with Crippen LogP contribution in [0.4, 0.5) is 11.4 Å². The Kier molecular flexibility index (Phi) is 3.88. The van der Waals surface area contributed by atoms with Crippen LogP contribution in [-0.4, -0.2) is 10.9 Å². The average Bonchev–Trinajstić information content (AvgIpc) is 2.39. The number of guanidine groups is 1. The van der Waals surface area contributed by atoms with Crippen molar-refractivity contribution in [2.45, 2.75) is 6.92 Å². The van der Waals surface area contributed by atoms with Gasteiger partial charge in [0.1, 0.15) is 0 Å². The summed E-state index contributed by atoms with van der Waals surface area (Å²) >= 11 is 0. The van der Waals surface area contributed by atoms with Crippen molar-refractivity contribution < 1.29 is 0 Å². The predicted molar refractivity (Wildman–Crippen MR) is 73.5 cm³/mol. The minimum absolute atomic E-state index is 0.466. The molecule has 0 radical (unpaired) electrons. The third-order valence-electron chi connectivity index (χ3n) is 2.27. The topological polar surface area (TPSA) is 75.3 Å². The maximum Gasteiger partial charge on any atom is 0.215 e. The molecule has 1 heterocycles. The molecule has 0 bridgehead atoms. The van der Waals surface area contributed by atoms with E-state index in [4.69, 9.17) is 5.84 Å². The van der Waals surface area contributed by atoms with Gasteiger partial charge in [-0.15, -0.1) is 0 Å². The Balaban J connectivity index is 2.17. The number of nitrogens with two attached hydrogens (primary N) is 1. The standard InChI is InChI=1S/C13H15N5/c1-10-7-12(9-15-8-10)17-13(18-14)16-11-5-3-2-4-6-11/h2-9H,14H2,1H3,(H2,16,17,18). The molecule has 5 nitrogen and oxygen atoms in total. The lowest BCUT2D eigenvalue weighted by Crippen LogP contribution is -2.36. The van der Waals surface area contributed by atoms with Crippen LogP contribution in [0.15, 0.2) is 53.8 Å². The van der Waals surface area contributed by atoms with Gasteiger partial charge in [0, 0.05) is 6.20 Å². The van der Waals surface area contributed by atoms with Crippen molar-refractivity contribution in [3.8, 4) is 0 Å². The molecular formula is C13H15N5. The number of anilines is 1. The minimum Gasteiger partial charge on any atom is -0.324 e. The van der Waals surface area contributed by atoms with E-state index in [2.05, 4.69) is 20.7 Å². The van der Waals surface area contributed by atoms with E-state index in [-0.39, 0.29) is 0 Å². The zero-order chi connectivity index (χ0) is 12.8. The van der Waals surface area contributed by atoms with Gasteiger partial charge in [-0.2, -0.15) is 0 Å². The number of aromatic nitrogens is 1. The molecule has 0 fully saturated rings. The molecule has 0 amide bonds. The Labute approximate surface area is 106 Å². The van der Waals surface area contributed by atoms with E-state index in [1.165, 1.54) is 0 Å². The molecule has 1 aromatic heterocycles. The molecule has 2 rings (SSSR count). The predicted octanol–water partition coefficient (Wildman–Crippen LogP) is 1.95. The lowest BCUT2D eigenvalue weighted by molar-refractivity contribution is 1.02. The fourth-order valence-corrected chi connectivity index (χ4v) is 1.49. The molecule has 5 heteroatoms. The Hall–Kier alpha value is -2.40. The quantitative estimate of drug-likeness (QED) is 0.325. The number of nitrogens with zero attached hydrogens (tertiary/aromatic N) is 2. The molecular weight excluding hydrogens is 226 g/mol. The summed E-state index contributed by atoms with van der Waals surface area (Å²) in [5.74, 6) is 5.91. The summed E-state index contributed by atoms with van der Waals surface area (Å²) in [6, 6.07) is 11.5. The Morgan fingerprint density at radius 3 is 2.67 bits per heavy atom. The van der Waals surface area contributed by atoms with Crippen LogP contribution in [-0.2, 0) is 0 Å². The van der Waals surface area contributed by atoms with E-state index >= 15 is 0 Å². The Morgan fingerprint density at radius 2 is 2.00 bits per heavy atom. The third kappa shape index (κ3) is 3.29. The maximum absolute atomic E-state index is 5.44. The smallest absolute Gasteiger partial charge is 0.215 e. The number of aliphatic imine (C=N–C) groups is 1. The van der Waals surface area contributed by atoms with Gasteiger partial charge >= 0.3 is 0 Å². The normalized spacial score (nSPS) is 11.1. The average molecular weight is 241 g/mol. The summed E-state index contributed by atoms with van der Waals surface area (Å²) in [4.78, 5) is 8.44. The lowest BCUT2D eigenvalue weighted by Gasteiger charge is -2.09. The highest BCUT2D eigenvalue weighted by atomic mass is 15.3. The second-order valence-electron chi connectivity index (χ2n) is 3.82. The highest BCUT2D eigenvalue weighted by molar-refractivity contribution is 5.94. The minimum atomic E-state index is 0.466. The molecule has 2 aromatic rings. The van der Waals surface area contributed by atoms with Gasteiger partial charge in [0.15, 0.2) is 0 Å². The van der Waals surface area contributed by atoms with Crippen molar-refractivity contribution in [1.29, 1.82) is 0 Å². The van der Waals surface area contributed by atoms with Crippen molar-refractivity contribution in [3.63, 3.8) is 0 Å². The molecule has 92 valence electrons. The van der Waals surface area contributed by atoms with Gasteiger partial charge < -0.3 is 5.32 Å². The summed E-state index contributed by atoms with van der Waals surface area (Å²) in [7, 11) is 0. The van der Waals surface area contributed by atoms with Crippen LogP contribution < -0.4 is 16.6 Å². The van der Waals surface area contributed by atoms with Crippen molar-refractivity contribution in [2.75, 3.05) is 5.32 Å². The molecule has 18 heavy (non-hydrogen) atoms. The molecule has 0 aliphatic heterocycles. The first kappa shape index (κ1) is 12.1. The molecule has 0 unspecified atom stereocenters. The third-order valence-corrected chi connectivity index (χ3v) is 2.27. The lowest BCUT2D eigenvalue weighted by atomic mass is 10.3. The number of nitrogens with one attached hydrogen (secondary N) is 2. The van der Waals surface area contributed by atoms with Crippen LogP contribution in [0.3, 0.4) is 0 Å². The fraction of sp³-hybridized carbons (Fsp3) is 0.0769. The number of aryl methyl sites for hydroxylation is 1. The maximum atomic E-state index is 5.44. The first-order valence-electron chi connectivity index (χ1n) is 5.57. The van der Waals surface area contributed by atoms with Crippen LogP contribution in [0.5, 0.6) is 0 Å². The molecule has 0 saturated heterocycles. The van der Waals surface area contributed by atoms with Gasteiger partial charge in [-0.1, -0.05) is 18.2 Å². The van der Waals surface area contributed by atoms with E-state index in [9.17, 15) is 0 Å². The van der Waals surface area contributed by atoms with E-state index in [0.717, 1.165) is 16.9 Å². The van der Waals surface area contributed by atoms with Crippen molar-refractivity contribution in [1.82, 2.24) is 10.4 Å². The highest BCUT2D eigenvalue weighted by Gasteiger charge is 1.99. The molecule has 0 saturated carbocycles. The first-order valence-corrected chi connectivity index (χ1v) is 5.57. The van der Waals surface area contributed by atoms with Crippen LogP contribution in [0.2, 0.25) is 0 Å². The van der Waals surface area contributed by atoms with Gasteiger partial charge in [-0.05, 0) is 30.7 Å². The summed E-state index contributed by atoms with van der Waals surface area (Å²) in [6.45, 7) is 1.97. The summed E-state index contributed by atoms with van der Waals surface area (Å²) in [5.41, 5.74) is 5.25. The highest BCUT2D eigenvalue weighted by Crippen LogP contribution is 2.11. The molecule has 4 N–H and O–H groups in total. The number of hydrazine groups is 1. The van der Waals surface area contributed by atoms with Crippen LogP contribution in [0, 0.1) is 6.92 Å². The number of rotatable bonds is 2.